The maximum Gasteiger partial charge on any atom is 0.274 e. The molecule has 0 amide bonds. The van der Waals surface area contributed by atoms with Gasteiger partial charge in [-0.25, -0.2) is 4.98 Å². The van der Waals surface area contributed by atoms with Crippen LogP contribution in [0.5, 0.6) is 11.5 Å². The zero-order valence-electron chi connectivity index (χ0n) is 10.6. The predicted octanol–water partition coefficient (Wildman–Crippen LogP) is 3.81. The van der Waals surface area contributed by atoms with Crippen LogP contribution in [0.4, 0.5) is 0 Å². The monoisotopic (exact) mass is 355 g/mol. The van der Waals surface area contributed by atoms with Crippen molar-refractivity contribution >= 4 is 32.8 Å². The van der Waals surface area contributed by atoms with Crippen LogP contribution in [0.3, 0.4) is 0 Å². The van der Waals surface area contributed by atoms with Crippen molar-refractivity contribution in [2.45, 2.75) is 6.61 Å². The molecule has 20 heavy (non-hydrogen) atoms. The highest BCUT2D eigenvalue weighted by Gasteiger charge is 2.20. The molecule has 1 heterocycles. The van der Waals surface area contributed by atoms with E-state index in [4.69, 9.17) is 21.1 Å². The molecular formula is C14H11BrClNO3. The van der Waals surface area contributed by atoms with Gasteiger partial charge in [0.15, 0.2) is 17.2 Å². The standard InChI is InChI=1S/C14H11BrClNO3/c1-19-12-10(15)7-17-11(14(16)18)13(12)20-8-9-5-3-2-4-6-9/h2-7H,8H2,1H3. The fraction of sp³-hybridized carbons (Fsp3) is 0.143. The summed E-state index contributed by atoms with van der Waals surface area (Å²) in [6.07, 6.45) is 1.45. The van der Waals surface area contributed by atoms with Crippen LogP contribution < -0.4 is 9.47 Å². The lowest BCUT2D eigenvalue weighted by atomic mass is 10.2. The number of ether oxygens (including phenoxy) is 2. The maximum atomic E-state index is 11.4. The molecule has 1 aromatic heterocycles. The van der Waals surface area contributed by atoms with Crippen molar-refractivity contribution in [1.29, 1.82) is 0 Å². The molecule has 2 aromatic rings. The van der Waals surface area contributed by atoms with Crippen molar-refractivity contribution in [2.24, 2.45) is 0 Å². The third-order valence-electron chi connectivity index (χ3n) is 2.56. The van der Waals surface area contributed by atoms with E-state index in [0.29, 0.717) is 10.2 Å². The number of pyridine rings is 1. The summed E-state index contributed by atoms with van der Waals surface area (Å²) in [6, 6.07) is 9.56. The highest BCUT2D eigenvalue weighted by molar-refractivity contribution is 9.10. The van der Waals surface area contributed by atoms with Crippen molar-refractivity contribution in [3.63, 3.8) is 0 Å². The summed E-state index contributed by atoms with van der Waals surface area (Å²) >= 11 is 8.81. The summed E-state index contributed by atoms with van der Waals surface area (Å²) in [4.78, 5) is 15.4. The zero-order valence-corrected chi connectivity index (χ0v) is 12.9. The third-order valence-corrected chi connectivity index (χ3v) is 3.31. The SMILES string of the molecule is COc1c(Br)cnc(C(=O)Cl)c1OCc1ccccc1. The molecule has 0 fully saturated rings. The highest BCUT2D eigenvalue weighted by Crippen LogP contribution is 2.37. The van der Waals surface area contributed by atoms with E-state index in [1.807, 2.05) is 30.3 Å². The second-order valence-corrected chi connectivity index (χ2v) is 5.06. The molecule has 104 valence electrons. The van der Waals surface area contributed by atoms with Gasteiger partial charge in [0.05, 0.1) is 11.6 Å². The van der Waals surface area contributed by atoms with Crippen molar-refractivity contribution in [3.05, 3.63) is 52.3 Å². The van der Waals surface area contributed by atoms with Gasteiger partial charge in [0, 0.05) is 6.20 Å². The van der Waals surface area contributed by atoms with Gasteiger partial charge >= 0.3 is 0 Å². The second-order valence-electron chi connectivity index (χ2n) is 3.87. The molecular weight excluding hydrogens is 346 g/mol. The normalized spacial score (nSPS) is 10.2. The van der Waals surface area contributed by atoms with Gasteiger partial charge in [-0.2, -0.15) is 0 Å². The molecule has 1 aromatic carbocycles. The van der Waals surface area contributed by atoms with Crippen molar-refractivity contribution < 1.29 is 14.3 Å². The van der Waals surface area contributed by atoms with Gasteiger partial charge < -0.3 is 9.47 Å². The minimum absolute atomic E-state index is 0.0302. The van der Waals surface area contributed by atoms with E-state index in [-0.39, 0.29) is 18.1 Å². The van der Waals surface area contributed by atoms with Crippen LogP contribution >= 0.6 is 27.5 Å². The molecule has 0 unspecified atom stereocenters. The number of aromatic nitrogens is 1. The number of carbonyl (C=O) groups excluding carboxylic acids is 1. The Morgan fingerprint density at radius 2 is 2.00 bits per heavy atom. The van der Waals surface area contributed by atoms with E-state index in [1.54, 1.807) is 0 Å². The number of benzene rings is 1. The number of rotatable bonds is 5. The minimum atomic E-state index is -0.695. The molecule has 4 nitrogen and oxygen atoms in total. The number of methoxy groups -OCH3 is 1. The van der Waals surface area contributed by atoms with Crippen LogP contribution in [0.2, 0.25) is 0 Å². The molecule has 0 aliphatic heterocycles. The molecule has 0 radical (unpaired) electrons. The van der Waals surface area contributed by atoms with Gasteiger partial charge in [-0.05, 0) is 33.1 Å². The molecule has 6 heteroatoms. The van der Waals surface area contributed by atoms with Crippen molar-refractivity contribution in [2.75, 3.05) is 7.11 Å². The topological polar surface area (TPSA) is 48.4 Å². The first-order valence-corrected chi connectivity index (χ1v) is 6.89. The largest absolute Gasteiger partial charge is 0.492 e. The van der Waals surface area contributed by atoms with Crippen LogP contribution in [0.1, 0.15) is 16.1 Å². The Morgan fingerprint density at radius 1 is 1.30 bits per heavy atom. The molecule has 0 bridgehead atoms. The first-order chi connectivity index (χ1) is 9.63. The quantitative estimate of drug-likeness (QED) is 0.764. The summed E-state index contributed by atoms with van der Waals surface area (Å²) in [5, 5.41) is -0.695. The summed E-state index contributed by atoms with van der Waals surface area (Å²) in [7, 11) is 1.48. The van der Waals surface area contributed by atoms with E-state index in [0.717, 1.165) is 5.56 Å². The zero-order chi connectivity index (χ0) is 14.5. The van der Waals surface area contributed by atoms with Gasteiger partial charge in [-0.15, -0.1) is 0 Å². The average molecular weight is 357 g/mol. The number of nitrogens with zero attached hydrogens (tertiary/aromatic N) is 1. The first kappa shape index (κ1) is 14.8. The molecule has 0 aliphatic carbocycles. The Kier molecular flexibility index (Phi) is 4.98. The van der Waals surface area contributed by atoms with E-state index < -0.39 is 5.24 Å². The molecule has 2 rings (SSSR count). The van der Waals surface area contributed by atoms with Gasteiger partial charge in [-0.3, -0.25) is 4.79 Å². The van der Waals surface area contributed by atoms with Crippen LogP contribution in [0.15, 0.2) is 41.0 Å². The lowest BCUT2D eigenvalue weighted by Crippen LogP contribution is -2.05. The number of carbonyl (C=O) groups is 1. The lowest BCUT2D eigenvalue weighted by Gasteiger charge is -2.13. The van der Waals surface area contributed by atoms with Crippen molar-refractivity contribution in [1.82, 2.24) is 4.98 Å². The molecule has 0 N–H and O–H groups in total. The second kappa shape index (κ2) is 6.72. The Morgan fingerprint density at radius 3 is 2.60 bits per heavy atom. The number of hydrogen-bond donors (Lipinski definition) is 0. The van der Waals surface area contributed by atoms with Crippen LogP contribution in [0, 0.1) is 0 Å². The molecule has 0 saturated heterocycles. The van der Waals surface area contributed by atoms with E-state index >= 15 is 0 Å². The Balaban J connectivity index is 2.33. The minimum Gasteiger partial charge on any atom is -0.492 e. The Labute approximate surface area is 129 Å². The highest BCUT2D eigenvalue weighted by atomic mass is 79.9. The molecule has 0 atom stereocenters. The van der Waals surface area contributed by atoms with Gasteiger partial charge in [0.1, 0.15) is 6.61 Å². The van der Waals surface area contributed by atoms with Crippen LogP contribution in [-0.2, 0) is 6.61 Å². The summed E-state index contributed by atoms with van der Waals surface area (Å²) in [5.41, 5.74) is 0.991. The summed E-state index contributed by atoms with van der Waals surface area (Å²) in [5.74, 6) is 0.616. The fourth-order valence-electron chi connectivity index (χ4n) is 1.65. The number of hydrogen-bond acceptors (Lipinski definition) is 4. The van der Waals surface area contributed by atoms with Crippen LogP contribution in [0.25, 0.3) is 0 Å². The van der Waals surface area contributed by atoms with Crippen LogP contribution in [-0.4, -0.2) is 17.3 Å². The fourth-order valence-corrected chi connectivity index (χ4v) is 2.23. The Hall–Kier alpha value is -1.59. The summed E-state index contributed by atoms with van der Waals surface area (Å²) < 4.78 is 11.5. The Bertz CT molecular complexity index is 619. The van der Waals surface area contributed by atoms with E-state index in [9.17, 15) is 4.79 Å². The smallest absolute Gasteiger partial charge is 0.274 e. The van der Waals surface area contributed by atoms with E-state index in [2.05, 4.69) is 20.9 Å². The van der Waals surface area contributed by atoms with Gasteiger partial charge in [-0.1, -0.05) is 30.3 Å². The maximum absolute atomic E-state index is 11.4. The molecule has 0 saturated carbocycles. The van der Waals surface area contributed by atoms with Gasteiger partial charge in [0.25, 0.3) is 5.24 Å². The first-order valence-electron chi connectivity index (χ1n) is 5.72. The van der Waals surface area contributed by atoms with Gasteiger partial charge in [0.2, 0.25) is 0 Å². The number of halogens is 2. The third kappa shape index (κ3) is 3.29. The molecule has 0 aliphatic rings. The van der Waals surface area contributed by atoms with Crippen molar-refractivity contribution in [3.8, 4) is 11.5 Å². The predicted molar refractivity (Wildman–Crippen MR) is 79.4 cm³/mol. The lowest BCUT2D eigenvalue weighted by molar-refractivity contribution is 0.107. The average Bonchev–Trinajstić information content (AvgIpc) is 2.45. The summed E-state index contributed by atoms with van der Waals surface area (Å²) in [6.45, 7) is 0.284. The van der Waals surface area contributed by atoms with E-state index in [1.165, 1.54) is 13.3 Å². The molecule has 0 spiro atoms.